The third-order valence-electron chi connectivity index (χ3n) is 5.50. The van der Waals surface area contributed by atoms with Gasteiger partial charge in [-0.25, -0.2) is 8.42 Å². The topological polar surface area (TPSA) is 76.1 Å². The summed E-state index contributed by atoms with van der Waals surface area (Å²) in [6.07, 6.45) is 11.0. The van der Waals surface area contributed by atoms with Crippen LogP contribution in [0.5, 0.6) is 0 Å². The van der Waals surface area contributed by atoms with Crippen LogP contribution < -0.4 is 0 Å². The zero-order chi connectivity index (χ0) is 18.0. The van der Waals surface area contributed by atoms with Gasteiger partial charge < -0.3 is 0 Å². The molecule has 0 N–H and O–H groups in total. The van der Waals surface area contributed by atoms with Gasteiger partial charge in [-0.05, 0) is 30.9 Å². The average Bonchev–Trinajstić information content (AvgIpc) is 3.35. The Morgan fingerprint density at radius 2 is 1.88 bits per heavy atom. The fourth-order valence-electron chi connectivity index (χ4n) is 3.97. The van der Waals surface area contributed by atoms with E-state index < -0.39 is 10.0 Å². The highest BCUT2D eigenvalue weighted by molar-refractivity contribution is 7.89. The maximum atomic E-state index is 12.7. The van der Waals surface area contributed by atoms with Crippen LogP contribution >= 0.6 is 11.3 Å². The zero-order valence-corrected chi connectivity index (χ0v) is 16.4. The van der Waals surface area contributed by atoms with Gasteiger partial charge in [-0.15, -0.1) is 21.5 Å². The summed E-state index contributed by atoms with van der Waals surface area (Å²) in [5.41, 5.74) is 0. The molecule has 0 bridgehead atoms. The summed E-state index contributed by atoms with van der Waals surface area (Å²) in [5.74, 6) is 1.10. The lowest BCUT2D eigenvalue weighted by Gasteiger charge is -2.29. The van der Waals surface area contributed by atoms with Crippen LogP contribution in [0.15, 0.2) is 29.4 Å². The third kappa shape index (κ3) is 3.82. The molecule has 1 saturated carbocycles. The summed E-state index contributed by atoms with van der Waals surface area (Å²) in [6.45, 7) is 1.05. The lowest BCUT2D eigenvalue weighted by atomic mass is 9.99. The molecule has 140 valence electrons. The SMILES string of the molecule is O=S(=O)(c1cccnc1)N1CCC(c2nnc(CC3CCCC3)s2)CC1. The van der Waals surface area contributed by atoms with Gasteiger partial charge in [0.1, 0.15) is 14.9 Å². The number of pyridine rings is 1. The monoisotopic (exact) mass is 392 g/mol. The Morgan fingerprint density at radius 3 is 2.58 bits per heavy atom. The Kier molecular flexibility index (Phi) is 5.33. The van der Waals surface area contributed by atoms with Crippen molar-refractivity contribution in [3.63, 3.8) is 0 Å². The van der Waals surface area contributed by atoms with Crippen LogP contribution in [0.1, 0.15) is 54.5 Å². The molecule has 2 aromatic rings. The van der Waals surface area contributed by atoms with Crippen LogP contribution in [0.3, 0.4) is 0 Å². The largest absolute Gasteiger partial charge is 0.263 e. The summed E-state index contributed by atoms with van der Waals surface area (Å²) in [6, 6.07) is 3.27. The first-order chi connectivity index (χ1) is 12.6. The minimum atomic E-state index is -3.44. The molecule has 0 aromatic carbocycles. The summed E-state index contributed by atoms with van der Waals surface area (Å²) in [4.78, 5) is 4.20. The molecule has 1 saturated heterocycles. The van der Waals surface area contributed by atoms with Crippen molar-refractivity contribution in [3.8, 4) is 0 Å². The first-order valence-electron chi connectivity index (χ1n) is 9.35. The van der Waals surface area contributed by atoms with Crippen LogP contribution in [-0.2, 0) is 16.4 Å². The Balaban J connectivity index is 1.37. The van der Waals surface area contributed by atoms with Gasteiger partial charge in [-0.1, -0.05) is 25.7 Å². The molecule has 4 rings (SSSR count). The Bertz CT molecular complexity index is 824. The third-order valence-corrected chi connectivity index (χ3v) is 8.49. The molecule has 2 aliphatic rings. The Morgan fingerprint density at radius 1 is 1.12 bits per heavy atom. The Hall–Kier alpha value is -1.38. The van der Waals surface area contributed by atoms with Crippen molar-refractivity contribution in [1.29, 1.82) is 0 Å². The second-order valence-electron chi connectivity index (χ2n) is 7.26. The molecular formula is C18H24N4O2S2. The number of sulfonamides is 1. The van der Waals surface area contributed by atoms with E-state index in [4.69, 9.17) is 0 Å². The van der Waals surface area contributed by atoms with E-state index in [0.717, 1.165) is 35.2 Å². The van der Waals surface area contributed by atoms with E-state index in [1.165, 1.54) is 31.9 Å². The second-order valence-corrected chi connectivity index (χ2v) is 10.3. The Labute approximate surface area is 158 Å². The fraction of sp³-hybridized carbons (Fsp3) is 0.611. The molecule has 2 aromatic heterocycles. The van der Waals surface area contributed by atoms with Crippen molar-refractivity contribution in [3.05, 3.63) is 34.5 Å². The van der Waals surface area contributed by atoms with E-state index in [1.807, 2.05) is 0 Å². The van der Waals surface area contributed by atoms with E-state index in [2.05, 4.69) is 15.2 Å². The molecule has 1 aliphatic carbocycles. The van der Waals surface area contributed by atoms with Crippen molar-refractivity contribution >= 4 is 21.4 Å². The van der Waals surface area contributed by atoms with Gasteiger partial charge in [0.25, 0.3) is 0 Å². The van der Waals surface area contributed by atoms with Crippen LogP contribution in [0, 0.1) is 5.92 Å². The fourth-order valence-corrected chi connectivity index (χ4v) is 6.53. The molecule has 0 spiro atoms. The van der Waals surface area contributed by atoms with Gasteiger partial charge in [0.2, 0.25) is 10.0 Å². The molecule has 0 radical (unpaired) electrons. The van der Waals surface area contributed by atoms with Gasteiger partial charge in [0, 0.05) is 37.8 Å². The zero-order valence-electron chi connectivity index (χ0n) is 14.7. The number of aromatic nitrogens is 3. The molecule has 0 atom stereocenters. The molecule has 0 unspecified atom stereocenters. The molecule has 1 aliphatic heterocycles. The van der Waals surface area contributed by atoms with Crippen molar-refractivity contribution < 1.29 is 8.42 Å². The quantitative estimate of drug-likeness (QED) is 0.781. The van der Waals surface area contributed by atoms with Crippen molar-refractivity contribution in [2.75, 3.05) is 13.1 Å². The second kappa shape index (κ2) is 7.70. The van der Waals surface area contributed by atoms with Crippen molar-refractivity contribution in [1.82, 2.24) is 19.5 Å². The number of rotatable bonds is 5. The lowest BCUT2D eigenvalue weighted by molar-refractivity contribution is 0.318. The lowest BCUT2D eigenvalue weighted by Crippen LogP contribution is -2.37. The molecular weight excluding hydrogens is 368 g/mol. The van der Waals surface area contributed by atoms with E-state index >= 15 is 0 Å². The van der Waals surface area contributed by atoms with Crippen LogP contribution in [0.4, 0.5) is 0 Å². The number of nitrogens with zero attached hydrogens (tertiary/aromatic N) is 4. The standard InChI is InChI=1S/C18H24N4O2S2/c23-26(24,16-6-3-9-19-13-16)22-10-7-15(8-11-22)18-21-20-17(25-18)12-14-4-1-2-5-14/h3,6,9,13-15H,1-2,4-5,7-8,10-12H2. The van der Waals surface area contributed by atoms with E-state index in [-0.39, 0.29) is 4.90 Å². The average molecular weight is 393 g/mol. The van der Waals surface area contributed by atoms with E-state index in [9.17, 15) is 8.42 Å². The predicted molar refractivity (Wildman–Crippen MR) is 101 cm³/mol. The molecule has 6 nitrogen and oxygen atoms in total. The van der Waals surface area contributed by atoms with Gasteiger partial charge in [-0.3, -0.25) is 4.98 Å². The van der Waals surface area contributed by atoms with Crippen LogP contribution in [0.2, 0.25) is 0 Å². The van der Waals surface area contributed by atoms with Gasteiger partial charge >= 0.3 is 0 Å². The van der Waals surface area contributed by atoms with E-state index in [0.29, 0.717) is 19.0 Å². The summed E-state index contributed by atoms with van der Waals surface area (Å²) < 4.78 is 26.9. The normalized spacial score (nSPS) is 20.6. The van der Waals surface area contributed by atoms with Gasteiger partial charge in [0.15, 0.2) is 0 Å². The maximum Gasteiger partial charge on any atom is 0.244 e. The maximum absolute atomic E-state index is 12.7. The molecule has 0 amide bonds. The molecule has 26 heavy (non-hydrogen) atoms. The number of piperidine rings is 1. The first kappa shape index (κ1) is 18.0. The van der Waals surface area contributed by atoms with Gasteiger partial charge in [0.05, 0.1) is 0 Å². The summed E-state index contributed by atoms with van der Waals surface area (Å²) in [7, 11) is -3.44. The van der Waals surface area contributed by atoms with Crippen LogP contribution in [-0.4, -0.2) is 41.0 Å². The van der Waals surface area contributed by atoms with Gasteiger partial charge in [-0.2, -0.15) is 4.31 Å². The van der Waals surface area contributed by atoms with Crippen molar-refractivity contribution in [2.45, 2.75) is 55.8 Å². The summed E-state index contributed by atoms with van der Waals surface area (Å²) >= 11 is 1.73. The van der Waals surface area contributed by atoms with E-state index in [1.54, 1.807) is 34.0 Å². The highest BCUT2D eigenvalue weighted by Gasteiger charge is 2.31. The minimum absolute atomic E-state index is 0.271. The number of hydrogen-bond acceptors (Lipinski definition) is 6. The van der Waals surface area contributed by atoms with Crippen LogP contribution in [0.25, 0.3) is 0 Å². The predicted octanol–water partition coefficient (Wildman–Crippen LogP) is 3.23. The highest BCUT2D eigenvalue weighted by Crippen LogP contribution is 2.34. The molecule has 3 heterocycles. The number of hydrogen-bond donors (Lipinski definition) is 0. The van der Waals surface area contributed by atoms with Crippen molar-refractivity contribution in [2.24, 2.45) is 5.92 Å². The molecule has 8 heteroatoms. The molecule has 2 fully saturated rings. The summed E-state index contributed by atoms with van der Waals surface area (Å²) in [5, 5.41) is 11.0. The highest BCUT2D eigenvalue weighted by atomic mass is 32.2. The minimum Gasteiger partial charge on any atom is -0.263 e. The smallest absolute Gasteiger partial charge is 0.244 e. The first-order valence-corrected chi connectivity index (χ1v) is 11.6.